The van der Waals surface area contributed by atoms with Crippen LogP contribution in [0.15, 0.2) is 83.9 Å². The summed E-state index contributed by atoms with van der Waals surface area (Å²) in [6.45, 7) is 0.507. The van der Waals surface area contributed by atoms with Crippen molar-refractivity contribution in [2.24, 2.45) is 0 Å². The van der Waals surface area contributed by atoms with Gasteiger partial charge in [0.1, 0.15) is 4.83 Å². The van der Waals surface area contributed by atoms with E-state index in [2.05, 4.69) is 4.98 Å². The summed E-state index contributed by atoms with van der Waals surface area (Å²) in [4.78, 5) is 19.0. The minimum atomic E-state index is 0.00106. The van der Waals surface area contributed by atoms with Crippen molar-refractivity contribution in [3.63, 3.8) is 0 Å². The van der Waals surface area contributed by atoms with Crippen LogP contribution in [0.3, 0.4) is 0 Å². The normalized spacial score (nSPS) is 11.4. The Morgan fingerprint density at radius 2 is 1.72 bits per heavy atom. The third-order valence-electron chi connectivity index (χ3n) is 3.99. The molecule has 0 atom stereocenters. The van der Waals surface area contributed by atoms with Crippen LogP contribution in [0, 0.1) is 0 Å². The first-order valence-electron chi connectivity index (χ1n) is 8.07. The molecule has 0 saturated heterocycles. The monoisotopic (exact) mass is 344 g/mol. The molecule has 4 aromatic rings. The largest absolute Gasteiger partial charge is 0.295 e. The van der Waals surface area contributed by atoms with Crippen LogP contribution in [0.4, 0.5) is 0 Å². The highest BCUT2D eigenvalue weighted by Crippen LogP contribution is 2.30. The maximum Gasteiger partial charge on any atom is 0.262 e. The summed E-state index contributed by atoms with van der Waals surface area (Å²) >= 11 is 1.55. The Kier molecular flexibility index (Phi) is 4.27. The van der Waals surface area contributed by atoms with Crippen molar-refractivity contribution in [1.82, 2.24) is 9.55 Å². The number of fused-ring (bicyclic) bond motifs is 1. The van der Waals surface area contributed by atoms with Gasteiger partial charge < -0.3 is 0 Å². The molecule has 0 amide bonds. The SMILES string of the molecule is O=c1c2cc(-c3ccccc3)sc2ncn1C/C=C/c1ccccc1. The maximum absolute atomic E-state index is 12.7. The van der Waals surface area contributed by atoms with Crippen molar-refractivity contribution in [3.05, 3.63) is 95.1 Å². The first-order valence-corrected chi connectivity index (χ1v) is 8.89. The van der Waals surface area contributed by atoms with E-state index in [1.54, 1.807) is 22.2 Å². The van der Waals surface area contributed by atoms with Gasteiger partial charge >= 0.3 is 0 Å². The fourth-order valence-electron chi connectivity index (χ4n) is 2.70. The zero-order valence-corrected chi connectivity index (χ0v) is 14.3. The summed E-state index contributed by atoms with van der Waals surface area (Å²) in [5, 5.41) is 0.680. The minimum Gasteiger partial charge on any atom is -0.295 e. The van der Waals surface area contributed by atoms with Crippen molar-refractivity contribution in [2.45, 2.75) is 6.54 Å². The number of thiophene rings is 1. The fourth-order valence-corrected chi connectivity index (χ4v) is 3.70. The molecule has 25 heavy (non-hydrogen) atoms. The summed E-state index contributed by atoms with van der Waals surface area (Å²) in [6.07, 6.45) is 5.62. The summed E-state index contributed by atoms with van der Waals surface area (Å²) in [7, 11) is 0. The van der Waals surface area contributed by atoms with Crippen molar-refractivity contribution < 1.29 is 0 Å². The molecule has 2 aromatic heterocycles. The number of rotatable bonds is 4. The predicted molar refractivity (Wildman–Crippen MR) is 105 cm³/mol. The third kappa shape index (κ3) is 3.30. The molecule has 0 fully saturated rings. The van der Waals surface area contributed by atoms with Crippen LogP contribution < -0.4 is 5.56 Å². The minimum absolute atomic E-state index is 0.00106. The molecule has 2 heterocycles. The van der Waals surface area contributed by atoms with E-state index in [1.807, 2.05) is 78.9 Å². The highest BCUT2D eigenvalue weighted by atomic mass is 32.1. The summed E-state index contributed by atoms with van der Waals surface area (Å²) in [5.74, 6) is 0. The number of nitrogens with zero attached hydrogens (tertiary/aromatic N) is 2. The summed E-state index contributed by atoms with van der Waals surface area (Å²) in [6, 6.07) is 22.1. The quantitative estimate of drug-likeness (QED) is 0.531. The molecular weight excluding hydrogens is 328 g/mol. The lowest BCUT2D eigenvalue weighted by atomic mass is 10.2. The average Bonchev–Trinajstić information content (AvgIpc) is 3.10. The Bertz CT molecular complexity index is 1080. The van der Waals surface area contributed by atoms with Crippen LogP contribution in [0.5, 0.6) is 0 Å². The lowest BCUT2D eigenvalue weighted by Crippen LogP contribution is -2.19. The van der Waals surface area contributed by atoms with Crippen LogP contribution in [-0.2, 0) is 6.54 Å². The molecule has 0 aliphatic rings. The average molecular weight is 344 g/mol. The Balaban J connectivity index is 1.64. The number of benzene rings is 2. The molecule has 0 radical (unpaired) electrons. The van der Waals surface area contributed by atoms with Gasteiger partial charge in [-0.05, 0) is 17.2 Å². The summed E-state index contributed by atoms with van der Waals surface area (Å²) in [5.41, 5.74) is 2.23. The lowest BCUT2D eigenvalue weighted by molar-refractivity contribution is 0.770. The molecule has 0 bridgehead atoms. The van der Waals surface area contributed by atoms with E-state index in [0.29, 0.717) is 11.9 Å². The van der Waals surface area contributed by atoms with Crippen LogP contribution in [0.1, 0.15) is 5.56 Å². The van der Waals surface area contributed by atoms with Crippen molar-refractivity contribution >= 4 is 27.6 Å². The predicted octanol–water partition coefficient (Wildman–Crippen LogP) is 4.84. The van der Waals surface area contributed by atoms with Crippen LogP contribution in [0.2, 0.25) is 0 Å². The van der Waals surface area contributed by atoms with Gasteiger partial charge in [0.05, 0.1) is 11.7 Å². The van der Waals surface area contributed by atoms with Crippen molar-refractivity contribution in [3.8, 4) is 10.4 Å². The standard InChI is InChI=1S/C21H16N2OS/c24-21-18-14-19(17-11-5-2-6-12-17)25-20(18)22-15-23(21)13-7-10-16-8-3-1-4-9-16/h1-12,14-15H,13H2/b10-7+. The molecule has 2 aromatic carbocycles. The zero-order chi connectivity index (χ0) is 17.1. The van der Waals surface area contributed by atoms with Crippen LogP contribution in [-0.4, -0.2) is 9.55 Å². The van der Waals surface area contributed by atoms with Gasteiger partial charge in [0.15, 0.2) is 0 Å². The highest BCUT2D eigenvalue weighted by Gasteiger charge is 2.09. The van der Waals surface area contributed by atoms with E-state index in [0.717, 1.165) is 20.8 Å². The molecule has 4 rings (SSSR count). The van der Waals surface area contributed by atoms with Crippen LogP contribution in [0.25, 0.3) is 26.7 Å². The highest BCUT2D eigenvalue weighted by molar-refractivity contribution is 7.21. The molecule has 122 valence electrons. The van der Waals surface area contributed by atoms with E-state index < -0.39 is 0 Å². The topological polar surface area (TPSA) is 34.9 Å². The van der Waals surface area contributed by atoms with E-state index in [1.165, 1.54) is 0 Å². The Hall–Kier alpha value is -2.98. The third-order valence-corrected chi connectivity index (χ3v) is 5.08. The number of hydrogen-bond donors (Lipinski definition) is 0. The molecule has 4 heteroatoms. The Morgan fingerprint density at radius 3 is 2.48 bits per heavy atom. The summed E-state index contributed by atoms with van der Waals surface area (Å²) < 4.78 is 1.64. The van der Waals surface area contributed by atoms with E-state index in [4.69, 9.17) is 0 Å². The number of allylic oxidation sites excluding steroid dienone is 1. The molecule has 0 saturated carbocycles. The molecule has 0 spiro atoms. The second-order valence-electron chi connectivity index (χ2n) is 5.71. The van der Waals surface area contributed by atoms with Gasteiger partial charge in [-0.1, -0.05) is 72.8 Å². The van der Waals surface area contributed by atoms with Crippen LogP contribution >= 0.6 is 11.3 Å². The number of aromatic nitrogens is 2. The van der Waals surface area contributed by atoms with Crippen molar-refractivity contribution in [2.75, 3.05) is 0 Å². The molecule has 3 nitrogen and oxygen atoms in total. The maximum atomic E-state index is 12.7. The van der Waals surface area contributed by atoms with Gasteiger partial charge in [0.2, 0.25) is 0 Å². The molecule has 0 N–H and O–H groups in total. The Labute approximate surface area is 149 Å². The Morgan fingerprint density at radius 1 is 1.00 bits per heavy atom. The molecule has 0 aliphatic heterocycles. The van der Waals surface area contributed by atoms with E-state index >= 15 is 0 Å². The van der Waals surface area contributed by atoms with Gasteiger partial charge in [-0.3, -0.25) is 9.36 Å². The first-order chi connectivity index (χ1) is 12.3. The van der Waals surface area contributed by atoms with Gasteiger partial charge in [-0.2, -0.15) is 0 Å². The van der Waals surface area contributed by atoms with E-state index in [-0.39, 0.29) is 5.56 Å². The second kappa shape index (κ2) is 6.87. The van der Waals surface area contributed by atoms with Gasteiger partial charge in [-0.15, -0.1) is 11.3 Å². The molecule has 0 unspecified atom stereocenters. The molecule has 0 aliphatic carbocycles. The number of hydrogen-bond acceptors (Lipinski definition) is 3. The zero-order valence-electron chi connectivity index (χ0n) is 13.5. The van der Waals surface area contributed by atoms with Gasteiger partial charge in [-0.25, -0.2) is 4.98 Å². The lowest BCUT2D eigenvalue weighted by Gasteiger charge is -2.00. The van der Waals surface area contributed by atoms with Gasteiger partial charge in [0.25, 0.3) is 5.56 Å². The smallest absolute Gasteiger partial charge is 0.262 e. The van der Waals surface area contributed by atoms with Crippen molar-refractivity contribution in [1.29, 1.82) is 0 Å². The second-order valence-corrected chi connectivity index (χ2v) is 6.74. The fraction of sp³-hybridized carbons (Fsp3) is 0.0476. The molecular formula is C21H16N2OS. The first kappa shape index (κ1) is 15.5. The van der Waals surface area contributed by atoms with E-state index in [9.17, 15) is 4.79 Å². The van der Waals surface area contributed by atoms with Gasteiger partial charge in [0, 0.05) is 11.4 Å².